The Balaban J connectivity index is 2.30. The zero-order chi connectivity index (χ0) is 13.2. The largest absolute Gasteiger partial charge is 0.298 e. The van der Waals surface area contributed by atoms with E-state index in [0.717, 1.165) is 18.4 Å². The van der Waals surface area contributed by atoms with Crippen LogP contribution in [-0.4, -0.2) is 5.78 Å². The van der Waals surface area contributed by atoms with Crippen LogP contribution < -0.4 is 0 Å². The first-order valence-corrected chi connectivity index (χ1v) is 6.71. The first-order chi connectivity index (χ1) is 8.57. The average molecular weight is 282 g/mol. The van der Waals surface area contributed by atoms with Crippen molar-refractivity contribution >= 4 is 29.0 Å². The lowest BCUT2D eigenvalue weighted by Crippen LogP contribution is -2.35. The summed E-state index contributed by atoms with van der Waals surface area (Å²) >= 11 is 12.0. The molecule has 1 aliphatic rings. The van der Waals surface area contributed by atoms with Gasteiger partial charge in [-0.1, -0.05) is 35.7 Å². The molecule has 1 aromatic rings. The van der Waals surface area contributed by atoms with Gasteiger partial charge in [-0.3, -0.25) is 4.79 Å². The van der Waals surface area contributed by atoms with Crippen LogP contribution >= 0.6 is 23.2 Å². The highest BCUT2D eigenvalue weighted by Crippen LogP contribution is 2.37. The maximum Gasteiger partial charge on any atom is 0.153 e. The van der Waals surface area contributed by atoms with E-state index in [0.29, 0.717) is 29.3 Å². The van der Waals surface area contributed by atoms with Crippen LogP contribution in [0.15, 0.2) is 18.2 Å². The number of carbonyl (C=O) groups is 1. The molecule has 4 heteroatoms. The second-order valence-electron chi connectivity index (χ2n) is 4.74. The van der Waals surface area contributed by atoms with Gasteiger partial charge in [-0.25, -0.2) is 0 Å². The number of benzene rings is 1. The summed E-state index contributed by atoms with van der Waals surface area (Å²) in [6, 6.07) is 7.40. The minimum absolute atomic E-state index is 0.0438. The molecule has 2 rings (SSSR count). The molecule has 2 nitrogen and oxygen atoms in total. The van der Waals surface area contributed by atoms with Crippen molar-refractivity contribution in [3.05, 3.63) is 33.8 Å². The molecule has 94 valence electrons. The number of nitriles is 1. The minimum Gasteiger partial charge on any atom is -0.298 e. The molecule has 0 aromatic heterocycles. The van der Waals surface area contributed by atoms with E-state index in [1.807, 2.05) is 0 Å². The number of ketones is 1. The minimum atomic E-state index is -0.893. The molecule has 1 fully saturated rings. The van der Waals surface area contributed by atoms with Gasteiger partial charge in [-0.2, -0.15) is 5.26 Å². The summed E-state index contributed by atoms with van der Waals surface area (Å²) in [5.74, 6) is 0.0438. The van der Waals surface area contributed by atoms with E-state index in [9.17, 15) is 10.1 Å². The van der Waals surface area contributed by atoms with E-state index in [1.165, 1.54) is 0 Å². The molecule has 0 spiro atoms. The standard InChI is InChI=1S/C14H13Cl2NO/c15-11-5-4-10(12(16)7-11)8-14(9-17)6-2-1-3-13(14)18/h4-5,7H,1-3,6,8H2. The topological polar surface area (TPSA) is 40.9 Å². The predicted molar refractivity (Wildman–Crippen MR) is 71.7 cm³/mol. The molecule has 18 heavy (non-hydrogen) atoms. The Kier molecular flexibility index (Phi) is 3.94. The van der Waals surface area contributed by atoms with Crippen LogP contribution in [0.5, 0.6) is 0 Å². The van der Waals surface area contributed by atoms with Crippen LogP contribution in [-0.2, 0) is 11.2 Å². The zero-order valence-electron chi connectivity index (χ0n) is 9.88. The highest BCUT2D eigenvalue weighted by Gasteiger charge is 2.40. The molecule has 0 bridgehead atoms. The fourth-order valence-electron chi connectivity index (χ4n) is 2.43. The lowest BCUT2D eigenvalue weighted by Gasteiger charge is -2.29. The Hall–Kier alpha value is -1.04. The molecule has 0 heterocycles. The zero-order valence-corrected chi connectivity index (χ0v) is 11.4. The Morgan fingerprint density at radius 3 is 2.72 bits per heavy atom. The normalized spacial score (nSPS) is 23.7. The fourth-order valence-corrected chi connectivity index (χ4v) is 2.90. The maximum atomic E-state index is 12.0. The van der Waals surface area contributed by atoms with Gasteiger partial charge in [0, 0.05) is 16.5 Å². The summed E-state index contributed by atoms with van der Waals surface area (Å²) in [6.45, 7) is 0. The van der Waals surface area contributed by atoms with Crippen molar-refractivity contribution in [2.75, 3.05) is 0 Å². The molecule has 0 saturated heterocycles. The van der Waals surface area contributed by atoms with Gasteiger partial charge in [0.25, 0.3) is 0 Å². The van der Waals surface area contributed by atoms with Crippen LogP contribution in [0.3, 0.4) is 0 Å². The van der Waals surface area contributed by atoms with E-state index in [4.69, 9.17) is 23.2 Å². The van der Waals surface area contributed by atoms with Gasteiger partial charge in [-0.05, 0) is 37.0 Å². The number of halogens is 2. The van der Waals surface area contributed by atoms with Crippen molar-refractivity contribution in [2.45, 2.75) is 32.1 Å². The summed E-state index contributed by atoms with van der Waals surface area (Å²) in [4.78, 5) is 12.0. The number of hydrogen-bond acceptors (Lipinski definition) is 2. The third-order valence-electron chi connectivity index (χ3n) is 3.51. The molecule has 1 aromatic carbocycles. The molecular formula is C14H13Cl2NO. The molecule has 1 saturated carbocycles. The highest BCUT2D eigenvalue weighted by molar-refractivity contribution is 6.35. The number of rotatable bonds is 2. The molecule has 1 unspecified atom stereocenters. The van der Waals surface area contributed by atoms with Crippen LogP contribution in [0.4, 0.5) is 0 Å². The highest BCUT2D eigenvalue weighted by atomic mass is 35.5. The quantitative estimate of drug-likeness (QED) is 0.816. The Morgan fingerprint density at radius 2 is 2.11 bits per heavy atom. The SMILES string of the molecule is N#CC1(Cc2ccc(Cl)cc2Cl)CCCCC1=O. The Bertz CT molecular complexity index is 521. The van der Waals surface area contributed by atoms with Gasteiger partial charge < -0.3 is 0 Å². The molecule has 0 radical (unpaired) electrons. The summed E-state index contributed by atoms with van der Waals surface area (Å²) in [6.07, 6.45) is 3.32. The molecule has 1 aliphatic carbocycles. The van der Waals surface area contributed by atoms with Crippen LogP contribution in [0.2, 0.25) is 10.0 Å². The van der Waals surface area contributed by atoms with Crippen LogP contribution in [0.1, 0.15) is 31.2 Å². The average Bonchev–Trinajstić information content (AvgIpc) is 2.35. The first-order valence-electron chi connectivity index (χ1n) is 5.96. The smallest absolute Gasteiger partial charge is 0.153 e. The van der Waals surface area contributed by atoms with Gasteiger partial charge in [-0.15, -0.1) is 0 Å². The first kappa shape index (κ1) is 13.4. The summed E-state index contributed by atoms with van der Waals surface area (Å²) in [5, 5.41) is 10.5. The van der Waals surface area contributed by atoms with E-state index in [-0.39, 0.29) is 5.78 Å². The summed E-state index contributed by atoms with van der Waals surface area (Å²) in [7, 11) is 0. The van der Waals surface area contributed by atoms with Crippen molar-refractivity contribution in [1.82, 2.24) is 0 Å². The van der Waals surface area contributed by atoms with Crippen molar-refractivity contribution in [3.63, 3.8) is 0 Å². The van der Waals surface area contributed by atoms with Crippen LogP contribution in [0, 0.1) is 16.7 Å². The Morgan fingerprint density at radius 1 is 1.33 bits per heavy atom. The maximum absolute atomic E-state index is 12.0. The van der Waals surface area contributed by atoms with E-state index >= 15 is 0 Å². The number of hydrogen-bond donors (Lipinski definition) is 0. The number of Topliss-reactive ketones (excluding diaryl/α,β-unsaturated/α-hetero) is 1. The van der Waals surface area contributed by atoms with E-state index in [1.54, 1.807) is 18.2 Å². The molecule has 0 aliphatic heterocycles. The number of nitrogens with zero attached hydrogens (tertiary/aromatic N) is 1. The Labute approximate surface area is 117 Å². The molecule has 0 N–H and O–H groups in total. The van der Waals surface area contributed by atoms with E-state index < -0.39 is 5.41 Å². The van der Waals surface area contributed by atoms with Crippen molar-refractivity contribution in [3.8, 4) is 6.07 Å². The van der Waals surface area contributed by atoms with Crippen molar-refractivity contribution in [1.29, 1.82) is 5.26 Å². The van der Waals surface area contributed by atoms with Crippen molar-refractivity contribution in [2.24, 2.45) is 5.41 Å². The molecular weight excluding hydrogens is 269 g/mol. The van der Waals surface area contributed by atoms with Gasteiger partial charge in [0.05, 0.1) is 6.07 Å². The number of carbonyl (C=O) groups excluding carboxylic acids is 1. The fraction of sp³-hybridized carbons (Fsp3) is 0.429. The third kappa shape index (κ3) is 2.53. The van der Waals surface area contributed by atoms with Gasteiger partial charge in [0.1, 0.15) is 5.41 Å². The second kappa shape index (κ2) is 5.30. The predicted octanol–water partition coefficient (Wildman–Crippen LogP) is 4.19. The van der Waals surface area contributed by atoms with Gasteiger partial charge in [0.15, 0.2) is 5.78 Å². The van der Waals surface area contributed by atoms with Gasteiger partial charge >= 0.3 is 0 Å². The van der Waals surface area contributed by atoms with Crippen molar-refractivity contribution < 1.29 is 4.79 Å². The summed E-state index contributed by atoms with van der Waals surface area (Å²) < 4.78 is 0. The van der Waals surface area contributed by atoms with E-state index in [2.05, 4.69) is 6.07 Å². The van der Waals surface area contributed by atoms with Gasteiger partial charge in [0.2, 0.25) is 0 Å². The van der Waals surface area contributed by atoms with Crippen LogP contribution in [0.25, 0.3) is 0 Å². The lowest BCUT2D eigenvalue weighted by atomic mass is 9.70. The monoisotopic (exact) mass is 281 g/mol. The third-order valence-corrected chi connectivity index (χ3v) is 4.10. The lowest BCUT2D eigenvalue weighted by molar-refractivity contribution is -0.128. The second-order valence-corrected chi connectivity index (χ2v) is 5.58. The summed E-state index contributed by atoms with van der Waals surface area (Å²) in [5.41, 5.74) is -0.0757. The molecule has 1 atom stereocenters. The molecule has 0 amide bonds.